The molecule has 9 nitrogen and oxygen atoms in total. The summed E-state index contributed by atoms with van der Waals surface area (Å²) >= 11 is 0. The number of nitrogens with zero attached hydrogens (tertiary/aromatic N) is 6. The fourth-order valence-electron chi connectivity index (χ4n) is 6.71. The van der Waals surface area contributed by atoms with Gasteiger partial charge in [0, 0.05) is 36.1 Å². The van der Waals surface area contributed by atoms with Crippen molar-refractivity contribution in [2.45, 2.75) is 91.8 Å². The van der Waals surface area contributed by atoms with E-state index in [2.05, 4.69) is 59.0 Å². The highest BCUT2D eigenvalue weighted by atomic mass is 16.6. The molecule has 1 fully saturated rings. The minimum Gasteiger partial charge on any atom is -0.467 e. The number of hydrogen-bond donors (Lipinski definition) is 0. The predicted octanol–water partition coefficient (Wildman–Crippen LogP) is 7.12. The van der Waals surface area contributed by atoms with Crippen LogP contribution in [0.5, 0.6) is 0 Å². The molecule has 9 heteroatoms. The van der Waals surface area contributed by atoms with Gasteiger partial charge in [0.05, 0.1) is 35.3 Å². The Balaban J connectivity index is 1.55. The molecule has 6 bridgehead atoms. The van der Waals surface area contributed by atoms with Crippen LogP contribution >= 0.6 is 0 Å². The van der Waals surface area contributed by atoms with Crippen molar-refractivity contribution in [3.8, 4) is 16.9 Å². The number of methoxy groups -OCH3 is 1. The zero-order chi connectivity index (χ0) is 31.9. The number of esters is 1. The van der Waals surface area contributed by atoms with Crippen LogP contribution in [-0.4, -0.2) is 56.1 Å². The molecule has 0 radical (unpaired) electrons. The number of aromatic nitrogens is 5. The van der Waals surface area contributed by atoms with Crippen LogP contribution in [0.2, 0.25) is 0 Å². The summed E-state index contributed by atoms with van der Waals surface area (Å²) in [6.07, 6.45) is 9.93. The molecule has 3 aliphatic rings. The van der Waals surface area contributed by atoms with Gasteiger partial charge >= 0.3 is 5.97 Å². The van der Waals surface area contributed by atoms with Gasteiger partial charge in [0.25, 0.3) is 0 Å². The average Bonchev–Trinajstić information content (AvgIpc) is 3.59. The van der Waals surface area contributed by atoms with Crippen molar-refractivity contribution in [1.29, 1.82) is 0 Å². The van der Waals surface area contributed by atoms with Gasteiger partial charge in [-0.15, -0.1) is 0 Å². The van der Waals surface area contributed by atoms with Gasteiger partial charge in [-0.2, -0.15) is 14.7 Å². The molecule has 7 rings (SSSR count). The summed E-state index contributed by atoms with van der Waals surface area (Å²) in [5.41, 5.74) is 6.79. The monoisotopic (exact) mass is 610 g/mol. The van der Waals surface area contributed by atoms with Crippen LogP contribution in [0, 0.1) is 19.3 Å². The summed E-state index contributed by atoms with van der Waals surface area (Å²) in [5, 5.41) is 10.0. The number of hydrogen-bond acceptors (Lipinski definition) is 7. The SMILES string of the molecule is COC(=O)[C@@H](OC(C)(C)C)c1c(C)nc2cc3nn2c1N1CCC(C)(CC/C=C/CCc2cc(C)nn2-c2cccc-3c2)CC1. The van der Waals surface area contributed by atoms with Gasteiger partial charge in [-0.1, -0.05) is 31.2 Å². The van der Waals surface area contributed by atoms with Crippen molar-refractivity contribution in [3.63, 3.8) is 0 Å². The maximum absolute atomic E-state index is 13.4. The number of rotatable bonds is 3. The van der Waals surface area contributed by atoms with E-state index in [0.29, 0.717) is 5.56 Å². The summed E-state index contributed by atoms with van der Waals surface area (Å²) in [4.78, 5) is 20.7. The normalized spacial score (nSPS) is 18.2. The molecule has 45 heavy (non-hydrogen) atoms. The molecule has 1 atom stereocenters. The summed E-state index contributed by atoms with van der Waals surface area (Å²) in [7, 11) is 1.41. The highest BCUT2D eigenvalue weighted by Crippen LogP contribution is 2.41. The largest absolute Gasteiger partial charge is 0.467 e. The number of carbonyl (C=O) groups is 1. The van der Waals surface area contributed by atoms with E-state index in [1.165, 1.54) is 12.8 Å². The lowest BCUT2D eigenvalue weighted by Crippen LogP contribution is -2.41. The lowest BCUT2D eigenvalue weighted by Gasteiger charge is -2.41. The number of piperidine rings is 1. The van der Waals surface area contributed by atoms with E-state index in [0.717, 1.165) is 91.4 Å². The second-order valence-corrected chi connectivity index (χ2v) is 14.0. The van der Waals surface area contributed by atoms with E-state index in [1.54, 1.807) is 0 Å². The summed E-state index contributed by atoms with van der Waals surface area (Å²) in [6, 6.07) is 12.6. The van der Waals surface area contributed by atoms with Crippen LogP contribution in [0.3, 0.4) is 0 Å². The molecule has 3 aromatic heterocycles. The van der Waals surface area contributed by atoms with Crippen molar-refractivity contribution in [1.82, 2.24) is 24.4 Å². The Bertz CT molecular complexity index is 1740. The molecule has 1 aromatic carbocycles. The van der Waals surface area contributed by atoms with E-state index in [1.807, 2.05) is 45.2 Å². The molecular formula is C36H46N6O3. The third-order valence-corrected chi connectivity index (χ3v) is 9.16. The van der Waals surface area contributed by atoms with Gasteiger partial charge in [-0.3, -0.25) is 0 Å². The van der Waals surface area contributed by atoms with Crippen molar-refractivity contribution < 1.29 is 14.3 Å². The number of anilines is 1. The van der Waals surface area contributed by atoms with E-state index >= 15 is 0 Å². The molecule has 3 aliphatic heterocycles. The summed E-state index contributed by atoms with van der Waals surface area (Å²) < 4.78 is 15.7. The van der Waals surface area contributed by atoms with Crippen molar-refractivity contribution >= 4 is 17.4 Å². The first-order chi connectivity index (χ1) is 21.4. The highest BCUT2D eigenvalue weighted by Gasteiger charge is 2.37. The van der Waals surface area contributed by atoms with Crippen LogP contribution in [0.1, 0.15) is 88.5 Å². The molecule has 0 N–H and O–H groups in total. The van der Waals surface area contributed by atoms with Gasteiger partial charge in [-0.25, -0.2) is 14.5 Å². The van der Waals surface area contributed by atoms with E-state index in [4.69, 9.17) is 24.7 Å². The fraction of sp³-hybridized carbons (Fsp3) is 0.500. The number of carbonyl (C=O) groups excluding carboxylic acids is 1. The Morgan fingerprint density at radius 3 is 2.49 bits per heavy atom. The van der Waals surface area contributed by atoms with E-state index in [-0.39, 0.29) is 5.41 Å². The topological polar surface area (TPSA) is 86.8 Å². The maximum atomic E-state index is 13.4. The second kappa shape index (κ2) is 12.1. The molecule has 0 aliphatic carbocycles. The Kier molecular flexibility index (Phi) is 8.33. The predicted molar refractivity (Wildman–Crippen MR) is 177 cm³/mol. The summed E-state index contributed by atoms with van der Waals surface area (Å²) in [6.45, 7) is 14.0. The summed E-state index contributed by atoms with van der Waals surface area (Å²) in [5.74, 6) is 0.407. The minimum atomic E-state index is -0.945. The minimum absolute atomic E-state index is 0.235. The lowest BCUT2D eigenvalue weighted by molar-refractivity contribution is -0.164. The number of aryl methyl sites for hydroxylation is 3. The third-order valence-electron chi connectivity index (χ3n) is 9.16. The van der Waals surface area contributed by atoms with Crippen LogP contribution in [-0.2, 0) is 20.7 Å². The van der Waals surface area contributed by atoms with E-state index in [9.17, 15) is 4.79 Å². The zero-order valence-corrected chi connectivity index (χ0v) is 27.8. The number of fused-ring (bicyclic) bond motifs is 6. The van der Waals surface area contributed by atoms with Gasteiger partial charge in [0.1, 0.15) is 5.82 Å². The second-order valence-electron chi connectivity index (χ2n) is 14.0. The van der Waals surface area contributed by atoms with Crippen molar-refractivity contribution in [2.24, 2.45) is 5.41 Å². The van der Waals surface area contributed by atoms with Gasteiger partial charge in [0.15, 0.2) is 11.8 Å². The molecule has 0 spiro atoms. The Morgan fingerprint density at radius 1 is 1.00 bits per heavy atom. The highest BCUT2D eigenvalue weighted by molar-refractivity contribution is 5.80. The number of ether oxygens (including phenoxy) is 2. The molecule has 0 saturated carbocycles. The number of allylic oxidation sites excluding steroid dienone is 2. The van der Waals surface area contributed by atoms with Gasteiger partial charge in [0.2, 0.25) is 0 Å². The van der Waals surface area contributed by atoms with Crippen LogP contribution in [0.25, 0.3) is 22.6 Å². The van der Waals surface area contributed by atoms with Crippen molar-refractivity contribution in [3.05, 3.63) is 71.2 Å². The standard InChI is InChI=1S/C36H46N6O3/c1-24-21-27-14-10-8-9-11-16-36(6)17-19-40(20-18-36)33-31(32(34(43)44-7)45-35(3,4)5)25(2)37-30-23-29(39-42(30)33)26-13-12-15-28(22-26)41(27)38-24/h8-9,12-13,15,21-23,32H,10-11,14,16-20H2,1-7H3/b9-8+/t32-/m0/s1. The van der Waals surface area contributed by atoms with Gasteiger partial charge < -0.3 is 14.4 Å². The van der Waals surface area contributed by atoms with Crippen LogP contribution in [0.15, 0.2) is 48.6 Å². The fourth-order valence-corrected chi connectivity index (χ4v) is 6.71. The Hall–Kier alpha value is -3.98. The third kappa shape index (κ3) is 6.41. The molecule has 238 valence electrons. The Labute approximate surface area is 266 Å². The quantitative estimate of drug-likeness (QED) is 0.180. The molecule has 1 saturated heterocycles. The Morgan fingerprint density at radius 2 is 1.76 bits per heavy atom. The zero-order valence-electron chi connectivity index (χ0n) is 27.8. The average molecular weight is 611 g/mol. The lowest BCUT2D eigenvalue weighted by atomic mass is 9.76. The molecule has 6 heterocycles. The first kappa shape index (κ1) is 31.0. The smallest absolute Gasteiger partial charge is 0.339 e. The first-order valence-electron chi connectivity index (χ1n) is 16.2. The van der Waals surface area contributed by atoms with Gasteiger partial charge in [-0.05, 0) is 96.8 Å². The molecule has 0 unspecified atom stereocenters. The number of benzene rings is 1. The molecule has 4 aromatic rings. The van der Waals surface area contributed by atoms with Crippen molar-refractivity contribution in [2.75, 3.05) is 25.1 Å². The maximum Gasteiger partial charge on any atom is 0.339 e. The van der Waals surface area contributed by atoms with E-state index < -0.39 is 17.7 Å². The first-order valence-corrected chi connectivity index (χ1v) is 16.2. The van der Waals surface area contributed by atoms with Crippen LogP contribution in [0.4, 0.5) is 5.82 Å². The van der Waals surface area contributed by atoms with Crippen LogP contribution < -0.4 is 4.90 Å². The molecular weight excluding hydrogens is 564 g/mol. The molecule has 0 amide bonds.